The summed E-state index contributed by atoms with van der Waals surface area (Å²) in [5.41, 5.74) is 0.445. The van der Waals surface area contributed by atoms with E-state index in [1.54, 1.807) is 26.0 Å². The van der Waals surface area contributed by atoms with E-state index in [4.69, 9.17) is 9.47 Å². The standard InChI is InChI=1S/C19H20N2O6/c1-3-19(4-2)26-17(22)16(18(23)27-19)8-6-5-7-13-20-14-9-11-15(12-10-14)21(24)25/h5,7-13H,3-4,6H2,1-2H3. The van der Waals surface area contributed by atoms with Crippen molar-refractivity contribution < 1.29 is 24.0 Å². The van der Waals surface area contributed by atoms with E-state index < -0.39 is 22.6 Å². The van der Waals surface area contributed by atoms with Gasteiger partial charge in [-0.1, -0.05) is 26.0 Å². The fraction of sp³-hybridized carbons (Fsp3) is 0.316. The molecular weight excluding hydrogens is 352 g/mol. The molecule has 0 aliphatic carbocycles. The molecule has 0 atom stereocenters. The van der Waals surface area contributed by atoms with Crippen LogP contribution in [0.5, 0.6) is 0 Å². The third-order valence-electron chi connectivity index (χ3n) is 4.04. The van der Waals surface area contributed by atoms with Crippen molar-refractivity contribution in [2.45, 2.75) is 38.9 Å². The summed E-state index contributed by atoms with van der Waals surface area (Å²) in [4.78, 5) is 38.3. The van der Waals surface area contributed by atoms with Crippen molar-refractivity contribution in [1.29, 1.82) is 0 Å². The summed E-state index contributed by atoms with van der Waals surface area (Å²) in [6.45, 7) is 3.57. The Morgan fingerprint density at radius 2 is 1.70 bits per heavy atom. The summed E-state index contributed by atoms with van der Waals surface area (Å²) in [6, 6.07) is 5.81. The van der Waals surface area contributed by atoms with E-state index in [1.807, 2.05) is 0 Å². The highest BCUT2D eigenvalue weighted by Gasteiger charge is 2.43. The third-order valence-corrected chi connectivity index (χ3v) is 4.04. The second-order valence-corrected chi connectivity index (χ2v) is 5.73. The molecule has 0 bridgehead atoms. The van der Waals surface area contributed by atoms with Crippen LogP contribution in [0.25, 0.3) is 0 Å². The molecule has 1 heterocycles. The Kier molecular flexibility index (Phi) is 6.59. The molecule has 0 aromatic heterocycles. The number of hydrogen-bond donors (Lipinski definition) is 0. The number of aliphatic imine (C=N–C) groups is 1. The first kappa shape index (κ1) is 20.0. The molecule has 1 saturated heterocycles. The number of benzene rings is 1. The maximum absolute atomic E-state index is 12.0. The van der Waals surface area contributed by atoms with Crippen molar-refractivity contribution >= 4 is 29.5 Å². The lowest BCUT2D eigenvalue weighted by Crippen LogP contribution is -2.45. The molecule has 1 aliphatic rings. The van der Waals surface area contributed by atoms with Gasteiger partial charge in [0.2, 0.25) is 0 Å². The van der Waals surface area contributed by atoms with Gasteiger partial charge in [-0.25, -0.2) is 9.59 Å². The molecule has 0 radical (unpaired) electrons. The fourth-order valence-corrected chi connectivity index (χ4v) is 2.37. The number of hydrogen-bond acceptors (Lipinski definition) is 7. The number of non-ortho nitro benzene ring substituents is 1. The third kappa shape index (κ3) is 5.10. The molecule has 8 nitrogen and oxygen atoms in total. The van der Waals surface area contributed by atoms with Crippen LogP contribution in [-0.2, 0) is 19.1 Å². The van der Waals surface area contributed by atoms with Crippen LogP contribution in [-0.4, -0.2) is 28.9 Å². The molecule has 0 amide bonds. The molecule has 142 valence electrons. The highest BCUT2D eigenvalue weighted by atomic mass is 16.7. The SMILES string of the molecule is CCC1(CC)OC(=O)C(=CCC=CC=Nc2ccc([N+](=O)[O-])cc2)C(=O)O1. The molecule has 0 unspecified atom stereocenters. The normalized spacial score (nSPS) is 16.4. The van der Waals surface area contributed by atoms with Gasteiger partial charge in [0.15, 0.2) is 0 Å². The molecule has 2 rings (SSSR count). The lowest BCUT2D eigenvalue weighted by molar-refractivity contribution is -0.384. The van der Waals surface area contributed by atoms with Gasteiger partial charge in [-0.05, 0) is 24.6 Å². The van der Waals surface area contributed by atoms with Gasteiger partial charge in [0.1, 0.15) is 5.57 Å². The van der Waals surface area contributed by atoms with Gasteiger partial charge in [0.25, 0.3) is 11.5 Å². The number of allylic oxidation sites excluding steroid dienone is 3. The zero-order valence-electron chi connectivity index (χ0n) is 15.1. The van der Waals surface area contributed by atoms with Gasteiger partial charge < -0.3 is 9.47 Å². The number of nitro groups is 1. The van der Waals surface area contributed by atoms with Gasteiger partial charge in [-0.15, -0.1) is 0 Å². The second-order valence-electron chi connectivity index (χ2n) is 5.73. The van der Waals surface area contributed by atoms with E-state index in [0.29, 0.717) is 24.9 Å². The molecule has 0 saturated carbocycles. The molecule has 1 aromatic rings. The largest absolute Gasteiger partial charge is 0.419 e. The average molecular weight is 372 g/mol. The topological polar surface area (TPSA) is 108 Å². The van der Waals surface area contributed by atoms with Crippen molar-refractivity contribution in [3.63, 3.8) is 0 Å². The van der Waals surface area contributed by atoms with Gasteiger partial charge >= 0.3 is 11.9 Å². The van der Waals surface area contributed by atoms with Gasteiger partial charge in [-0.3, -0.25) is 15.1 Å². The van der Waals surface area contributed by atoms with E-state index in [9.17, 15) is 19.7 Å². The molecule has 8 heteroatoms. The Morgan fingerprint density at radius 1 is 1.11 bits per heavy atom. The molecule has 0 spiro atoms. The summed E-state index contributed by atoms with van der Waals surface area (Å²) in [5.74, 6) is -2.52. The van der Waals surface area contributed by atoms with Crippen LogP contribution in [0.4, 0.5) is 11.4 Å². The van der Waals surface area contributed by atoms with E-state index in [1.165, 1.54) is 36.6 Å². The first-order valence-corrected chi connectivity index (χ1v) is 8.51. The molecular formula is C19H20N2O6. The molecule has 0 N–H and O–H groups in total. The second kappa shape index (κ2) is 8.88. The Balaban J connectivity index is 1.92. The minimum atomic E-state index is -1.17. The van der Waals surface area contributed by atoms with E-state index in [0.717, 1.165) is 0 Å². The minimum Gasteiger partial charge on any atom is -0.419 e. The molecule has 1 fully saturated rings. The monoisotopic (exact) mass is 372 g/mol. The van der Waals surface area contributed by atoms with Crippen LogP contribution < -0.4 is 0 Å². The molecule has 27 heavy (non-hydrogen) atoms. The van der Waals surface area contributed by atoms with Crippen molar-refractivity contribution in [3.05, 3.63) is 58.2 Å². The van der Waals surface area contributed by atoms with Gasteiger partial charge in [0.05, 0.1) is 10.6 Å². The van der Waals surface area contributed by atoms with Gasteiger partial charge in [-0.2, -0.15) is 0 Å². The number of carbonyl (C=O) groups excluding carboxylic acids is 2. The lowest BCUT2D eigenvalue weighted by atomic mass is 10.1. The summed E-state index contributed by atoms with van der Waals surface area (Å²) in [5, 5.41) is 10.6. The fourth-order valence-electron chi connectivity index (χ4n) is 2.37. The Bertz CT molecular complexity index is 782. The van der Waals surface area contributed by atoms with Crippen molar-refractivity contribution in [2.75, 3.05) is 0 Å². The molecule has 1 aliphatic heterocycles. The number of nitrogens with zero attached hydrogens (tertiary/aromatic N) is 2. The minimum absolute atomic E-state index is 0.00228. The van der Waals surface area contributed by atoms with Crippen LogP contribution in [0.2, 0.25) is 0 Å². The Labute approximate surface area is 156 Å². The Hall–Kier alpha value is -3.29. The molecule has 1 aromatic carbocycles. The van der Waals surface area contributed by atoms with Crippen molar-refractivity contribution in [1.82, 2.24) is 0 Å². The number of cyclic esters (lactones) is 2. The first-order valence-electron chi connectivity index (χ1n) is 8.51. The number of ether oxygens (including phenoxy) is 2. The van der Waals surface area contributed by atoms with Crippen molar-refractivity contribution in [3.8, 4) is 0 Å². The average Bonchev–Trinajstić information content (AvgIpc) is 2.66. The van der Waals surface area contributed by atoms with Crippen molar-refractivity contribution in [2.24, 2.45) is 4.99 Å². The first-order chi connectivity index (χ1) is 12.9. The number of esters is 2. The highest BCUT2D eigenvalue weighted by Crippen LogP contribution is 2.29. The van der Waals surface area contributed by atoms with E-state index in [-0.39, 0.29) is 11.3 Å². The predicted molar refractivity (Wildman–Crippen MR) is 98.6 cm³/mol. The number of carbonyl (C=O) groups is 2. The summed E-state index contributed by atoms with van der Waals surface area (Å²) in [6.07, 6.45) is 7.40. The smallest absolute Gasteiger partial charge is 0.348 e. The summed E-state index contributed by atoms with van der Waals surface area (Å²) < 4.78 is 10.5. The predicted octanol–water partition coefficient (Wildman–Crippen LogP) is 3.79. The van der Waals surface area contributed by atoms with Crippen LogP contribution in [0.1, 0.15) is 33.1 Å². The van der Waals surface area contributed by atoms with Gasteiger partial charge in [0, 0.05) is 31.2 Å². The van der Waals surface area contributed by atoms with E-state index >= 15 is 0 Å². The Morgan fingerprint density at radius 3 is 2.22 bits per heavy atom. The number of rotatable bonds is 7. The summed E-state index contributed by atoms with van der Waals surface area (Å²) in [7, 11) is 0. The lowest BCUT2D eigenvalue weighted by Gasteiger charge is -2.34. The zero-order chi connectivity index (χ0) is 19.9. The summed E-state index contributed by atoms with van der Waals surface area (Å²) >= 11 is 0. The number of nitro benzene ring substituents is 1. The van der Waals surface area contributed by atoms with Crippen LogP contribution in [0.3, 0.4) is 0 Å². The maximum Gasteiger partial charge on any atom is 0.348 e. The maximum atomic E-state index is 12.0. The quantitative estimate of drug-likeness (QED) is 0.180. The van der Waals surface area contributed by atoms with Crippen LogP contribution in [0, 0.1) is 10.1 Å². The highest BCUT2D eigenvalue weighted by molar-refractivity contribution is 6.15. The van der Waals surface area contributed by atoms with Crippen LogP contribution in [0.15, 0.2) is 53.1 Å². The zero-order valence-corrected chi connectivity index (χ0v) is 15.1. The van der Waals surface area contributed by atoms with E-state index in [2.05, 4.69) is 4.99 Å². The van der Waals surface area contributed by atoms with Crippen LogP contribution >= 0.6 is 0 Å².